The van der Waals surface area contributed by atoms with E-state index in [1.165, 1.54) is 57.8 Å². The van der Waals surface area contributed by atoms with Gasteiger partial charge in [0.1, 0.15) is 0 Å². The summed E-state index contributed by atoms with van der Waals surface area (Å²) in [6.45, 7) is 3.42. The van der Waals surface area contributed by atoms with Crippen molar-refractivity contribution in [2.24, 2.45) is 5.92 Å². The zero-order valence-electron chi connectivity index (χ0n) is 11.6. The fourth-order valence-corrected chi connectivity index (χ4v) is 3.78. The van der Waals surface area contributed by atoms with Gasteiger partial charge < -0.3 is 10.1 Å². The third-order valence-corrected chi connectivity index (χ3v) is 4.52. The van der Waals surface area contributed by atoms with Crippen molar-refractivity contribution in [3.8, 4) is 0 Å². The first-order valence-corrected chi connectivity index (χ1v) is 7.56. The highest BCUT2D eigenvalue weighted by molar-refractivity contribution is 4.90. The molecule has 1 N–H and O–H groups in total. The van der Waals surface area contributed by atoms with Crippen molar-refractivity contribution in [3.05, 3.63) is 0 Å². The average Bonchev–Trinajstić information content (AvgIpc) is 2.30. The summed E-state index contributed by atoms with van der Waals surface area (Å²) in [5, 5.41) is 3.36. The van der Waals surface area contributed by atoms with E-state index in [1.54, 1.807) is 0 Å². The quantitative estimate of drug-likeness (QED) is 0.810. The van der Waals surface area contributed by atoms with Crippen LogP contribution in [-0.2, 0) is 4.74 Å². The number of ether oxygens (including phenoxy) is 1. The van der Waals surface area contributed by atoms with Crippen molar-refractivity contribution >= 4 is 0 Å². The highest BCUT2D eigenvalue weighted by atomic mass is 16.5. The monoisotopic (exact) mass is 239 g/mol. The molecule has 0 bridgehead atoms. The Morgan fingerprint density at radius 3 is 2.53 bits per heavy atom. The fraction of sp³-hybridized carbons (Fsp3) is 1.00. The molecule has 0 aliphatic heterocycles. The van der Waals surface area contributed by atoms with E-state index in [-0.39, 0.29) is 5.60 Å². The average molecular weight is 239 g/mol. The summed E-state index contributed by atoms with van der Waals surface area (Å²) in [6, 6.07) is 0. The molecule has 2 saturated carbocycles. The molecule has 100 valence electrons. The SMILES string of the molecule is CNCC1(OC2CCCCC2)CCCC(C)C1. The van der Waals surface area contributed by atoms with E-state index >= 15 is 0 Å². The minimum absolute atomic E-state index is 0.147. The number of hydrogen-bond donors (Lipinski definition) is 1. The second-order valence-electron chi connectivity index (χ2n) is 6.29. The summed E-state index contributed by atoms with van der Waals surface area (Å²) in [5.74, 6) is 0.834. The highest BCUT2D eigenvalue weighted by Crippen LogP contribution is 2.37. The van der Waals surface area contributed by atoms with Gasteiger partial charge in [-0.05, 0) is 38.6 Å². The first-order valence-electron chi connectivity index (χ1n) is 7.56. The standard InChI is InChI=1S/C15H29NO/c1-13-7-6-10-15(11-13,12-16-2)17-14-8-4-3-5-9-14/h13-14,16H,3-12H2,1-2H3. The van der Waals surface area contributed by atoms with Crippen LogP contribution in [0, 0.1) is 5.92 Å². The first kappa shape index (κ1) is 13.4. The lowest BCUT2D eigenvalue weighted by Crippen LogP contribution is -2.48. The van der Waals surface area contributed by atoms with Gasteiger partial charge in [-0.1, -0.05) is 39.0 Å². The molecular weight excluding hydrogens is 210 g/mol. The predicted molar refractivity (Wildman–Crippen MR) is 72.2 cm³/mol. The number of hydrogen-bond acceptors (Lipinski definition) is 2. The lowest BCUT2D eigenvalue weighted by molar-refractivity contribution is -0.128. The molecule has 17 heavy (non-hydrogen) atoms. The molecule has 0 aromatic rings. The third kappa shape index (κ3) is 3.69. The van der Waals surface area contributed by atoms with Crippen LogP contribution >= 0.6 is 0 Å². The van der Waals surface area contributed by atoms with E-state index in [2.05, 4.69) is 19.3 Å². The maximum Gasteiger partial charge on any atom is 0.0812 e. The van der Waals surface area contributed by atoms with Gasteiger partial charge in [-0.25, -0.2) is 0 Å². The normalized spacial score (nSPS) is 36.0. The number of nitrogens with one attached hydrogen (secondary N) is 1. The molecule has 2 unspecified atom stereocenters. The van der Waals surface area contributed by atoms with Crippen molar-refractivity contribution in [3.63, 3.8) is 0 Å². The molecule has 2 aliphatic carbocycles. The van der Waals surface area contributed by atoms with Crippen LogP contribution in [0.1, 0.15) is 64.7 Å². The van der Waals surface area contributed by atoms with Crippen molar-refractivity contribution in [1.29, 1.82) is 0 Å². The molecule has 2 fully saturated rings. The van der Waals surface area contributed by atoms with Gasteiger partial charge in [-0.15, -0.1) is 0 Å². The summed E-state index contributed by atoms with van der Waals surface area (Å²) < 4.78 is 6.57. The summed E-state index contributed by atoms with van der Waals surface area (Å²) in [5.41, 5.74) is 0.147. The van der Waals surface area contributed by atoms with Crippen molar-refractivity contribution in [2.45, 2.75) is 76.4 Å². The molecule has 2 aliphatic rings. The Balaban J connectivity index is 1.94. The Labute approximate surface area is 107 Å². The summed E-state index contributed by atoms with van der Waals surface area (Å²) in [6.07, 6.45) is 12.5. The molecule has 0 aromatic heterocycles. The highest BCUT2D eigenvalue weighted by Gasteiger charge is 2.37. The Bertz CT molecular complexity index is 221. The molecule has 0 aromatic carbocycles. The van der Waals surface area contributed by atoms with E-state index in [9.17, 15) is 0 Å². The lowest BCUT2D eigenvalue weighted by Gasteiger charge is -2.43. The van der Waals surface area contributed by atoms with Crippen LogP contribution in [0.3, 0.4) is 0 Å². The molecule has 2 rings (SSSR count). The van der Waals surface area contributed by atoms with Gasteiger partial charge in [-0.2, -0.15) is 0 Å². The van der Waals surface area contributed by atoms with Crippen LogP contribution in [0.4, 0.5) is 0 Å². The van der Waals surface area contributed by atoms with Crippen molar-refractivity contribution < 1.29 is 4.74 Å². The Morgan fingerprint density at radius 2 is 1.88 bits per heavy atom. The maximum atomic E-state index is 6.57. The summed E-state index contributed by atoms with van der Waals surface area (Å²) in [4.78, 5) is 0. The Morgan fingerprint density at radius 1 is 1.12 bits per heavy atom. The van der Waals surface area contributed by atoms with E-state index in [0.717, 1.165) is 12.5 Å². The van der Waals surface area contributed by atoms with E-state index in [0.29, 0.717) is 6.10 Å². The number of rotatable bonds is 4. The summed E-state index contributed by atoms with van der Waals surface area (Å²) in [7, 11) is 2.06. The third-order valence-electron chi connectivity index (χ3n) is 4.52. The fourth-order valence-electron chi connectivity index (χ4n) is 3.78. The molecule has 2 atom stereocenters. The van der Waals surface area contributed by atoms with Gasteiger partial charge >= 0.3 is 0 Å². The van der Waals surface area contributed by atoms with Crippen LogP contribution in [0.25, 0.3) is 0 Å². The largest absolute Gasteiger partial charge is 0.370 e. The first-order chi connectivity index (χ1) is 8.24. The molecule has 2 heteroatoms. The van der Waals surface area contributed by atoms with E-state index in [1.807, 2.05) is 0 Å². The Kier molecular flexibility index (Phi) is 4.87. The maximum absolute atomic E-state index is 6.57. The van der Waals surface area contributed by atoms with Crippen LogP contribution in [0.15, 0.2) is 0 Å². The van der Waals surface area contributed by atoms with Gasteiger partial charge in [0.05, 0.1) is 11.7 Å². The van der Waals surface area contributed by atoms with Gasteiger partial charge in [0.15, 0.2) is 0 Å². The molecule has 0 heterocycles. The van der Waals surface area contributed by atoms with Crippen LogP contribution < -0.4 is 5.32 Å². The molecular formula is C15H29NO. The van der Waals surface area contributed by atoms with Gasteiger partial charge in [-0.3, -0.25) is 0 Å². The van der Waals surface area contributed by atoms with Gasteiger partial charge in [0.25, 0.3) is 0 Å². The molecule has 0 radical (unpaired) electrons. The minimum atomic E-state index is 0.147. The minimum Gasteiger partial charge on any atom is -0.370 e. The second kappa shape index (κ2) is 6.19. The van der Waals surface area contributed by atoms with Gasteiger partial charge in [0, 0.05) is 6.54 Å². The van der Waals surface area contributed by atoms with E-state index < -0.39 is 0 Å². The molecule has 0 saturated heterocycles. The number of likely N-dealkylation sites (N-methyl/N-ethyl adjacent to an activating group) is 1. The predicted octanol–water partition coefficient (Wildman–Crippen LogP) is 3.50. The summed E-state index contributed by atoms with van der Waals surface area (Å²) >= 11 is 0. The van der Waals surface area contributed by atoms with E-state index in [4.69, 9.17) is 4.74 Å². The molecule has 0 amide bonds. The molecule has 2 nitrogen and oxygen atoms in total. The topological polar surface area (TPSA) is 21.3 Å². The van der Waals surface area contributed by atoms with Gasteiger partial charge in [0.2, 0.25) is 0 Å². The Hall–Kier alpha value is -0.0800. The molecule has 0 spiro atoms. The van der Waals surface area contributed by atoms with Crippen molar-refractivity contribution in [2.75, 3.05) is 13.6 Å². The van der Waals surface area contributed by atoms with Crippen LogP contribution in [-0.4, -0.2) is 25.3 Å². The smallest absolute Gasteiger partial charge is 0.0812 e. The second-order valence-corrected chi connectivity index (χ2v) is 6.29. The van der Waals surface area contributed by atoms with Crippen LogP contribution in [0.5, 0.6) is 0 Å². The lowest BCUT2D eigenvalue weighted by atomic mass is 9.78. The van der Waals surface area contributed by atoms with Crippen molar-refractivity contribution in [1.82, 2.24) is 5.32 Å². The zero-order valence-corrected chi connectivity index (χ0v) is 11.6. The van der Waals surface area contributed by atoms with Crippen LogP contribution in [0.2, 0.25) is 0 Å². The zero-order chi connectivity index (χ0) is 12.1.